The van der Waals surface area contributed by atoms with E-state index in [4.69, 9.17) is 5.73 Å². The number of nitrogen functional groups attached to an aromatic ring is 1. The van der Waals surface area contributed by atoms with Crippen molar-refractivity contribution in [2.75, 3.05) is 5.73 Å². The fourth-order valence-corrected chi connectivity index (χ4v) is 2.49. The summed E-state index contributed by atoms with van der Waals surface area (Å²) < 4.78 is 15.3. The standard InChI is InChI=1S/C16H16FN3/c1-10(2)20-15-6-4-3-5-14(15)19-16(20)12-8-7-11(17)9-13(12)18/h3-10H,18H2,1-2H3. The number of fused-ring (bicyclic) bond motifs is 1. The van der Waals surface area contributed by atoms with Crippen molar-refractivity contribution in [2.24, 2.45) is 0 Å². The zero-order valence-electron chi connectivity index (χ0n) is 11.5. The van der Waals surface area contributed by atoms with Gasteiger partial charge in [-0.15, -0.1) is 0 Å². The summed E-state index contributed by atoms with van der Waals surface area (Å²) in [5.74, 6) is 0.442. The van der Waals surface area contributed by atoms with Crippen LogP contribution >= 0.6 is 0 Å². The average Bonchev–Trinajstić information content (AvgIpc) is 2.77. The lowest BCUT2D eigenvalue weighted by Gasteiger charge is -2.14. The number of hydrogen-bond donors (Lipinski definition) is 1. The molecule has 3 nitrogen and oxygen atoms in total. The van der Waals surface area contributed by atoms with Crippen LogP contribution in [0.15, 0.2) is 42.5 Å². The summed E-state index contributed by atoms with van der Waals surface area (Å²) in [6, 6.07) is 12.6. The number of imidazole rings is 1. The molecule has 20 heavy (non-hydrogen) atoms. The van der Waals surface area contributed by atoms with Crippen LogP contribution in [0.2, 0.25) is 0 Å². The molecule has 0 spiro atoms. The quantitative estimate of drug-likeness (QED) is 0.714. The van der Waals surface area contributed by atoms with Crippen LogP contribution in [0.3, 0.4) is 0 Å². The van der Waals surface area contributed by atoms with E-state index in [1.807, 2.05) is 24.3 Å². The number of benzene rings is 2. The Morgan fingerprint density at radius 3 is 2.60 bits per heavy atom. The Kier molecular flexibility index (Phi) is 2.93. The van der Waals surface area contributed by atoms with Crippen LogP contribution in [0.1, 0.15) is 19.9 Å². The number of rotatable bonds is 2. The molecule has 3 aromatic rings. The number of nitrogens with two attached hydrogens (primary N) is 1. The van der Waals surface area contributed by atoms with E-state index in [1.165, 1.54) is 12.1 Å². The number of para-hydroxylation sites is 2. The maximum atomic E-state index is 13.2. The van der Waals surface area contributed by atoms with Gasteiger partial charge in [0.05, 0.1) is 11.0 Å². The SMILES string of the molecule is CC(C)n1c(-c2ccc(F)cc2N)nc2ccccc21. The summed E-state index contributed by atoms with van der Waals surface area (Å²) in [5, 5.41) is 0. The first-order valence-corrected chi connectivity index (χ1v) is 6.60. The summed E-state index contributed by atoms with van der Waals surface area (Å²) in [6.07, 6.45) is 0. The van der Waals surface area contributed by atoms with Gasteiger partial charge < -0.3 is 10.3 Å². The first-order valence-electron chi connectivity index (χ1n) is 6.60. The minimum absolute atomic E-state index is 0.238. The normalized spacial score (nSPS) is 11.4. The number of anilines is 1. The van der Waals surface area contributed by atoms with Crippen molar-refractivity contribution in [1.29, 1.82) is 0 Å². The zero-order valence-corrected chi connectivity index (χ0v) is 11.5. The van der Waals surface area contributed by atoms with Gasteiger partial charge >= 0.3 is 0 Å². The summed E-state index contributed by atoms with van der Waals surface area (Å²) in [7, 11) is 0. The third-order valence-electron chi connectivity index (χ3n) is 3.37. The zero-order chi connectivity index (χ0) is 14.3. The highest BCUT2D eigenvalue weighted by molar-refractivity contribution is 5.83. The van der Waals surface area contributed by atoms with Crippen molar-refractivity contribution in [1.82, 2.24) is 9.55 Å². The molecule has 0 amide bonds. The molecule has 1 aromatic heterocycles. The predicted octanol–water partition coefficient (Wildman–Crippen LogP) is 4.01. The number of nitrogens with zero attached hydrogens (tertiary/aromatic N) is 2. The average molecular weight is 269 g/mol. The minimum atomic E-state index is -0.335. The third-order valence-corrected chi connectivity index (χ3v) is 3.37. The van der Waals surface area contributed by atoms with Crippen LogP contribution in [0, 0.1) is 5.82 Å². The van der Waals surface area contributed by atoms with E-state index in [1.54, 1.807) is 6.07 Å². The number of aromatic nitrogens is 2. The van der Waals surface area contributed by atoms with E-state index in [2.05, 4.69) is 23.4 Å². The number of halogens is 1. The predicted molar refractivity (Wildman–Crippen MR) is 79.9 cm³/mol. The lowest BCUT2D eigenvalue weighted by Crippen LogP contribution is -2.04. The smallest absolute Gasteiger partial charge is 0.143 e. The van der Waals surface area contributed by atoms with Gasteiger partial charge in [0, 0.05) is 17.3 Å². The molecule has 0 aliphatic rings. The Bertz CT molecular complexity index is 774. The second kappa shape index (κ2) is 4.63. The lowest BCUT2D eigenvalue weighted by atomic mass is 10.1. The van der Waals surface area contributed by atoms with Crippen LogP contribution in [0.4, 0.5) is 10.1 Å². The van der Waals surface area contributed by atoms with Gasteiger partial charge in [0.2, 0.25) is 0 Å². The van der Waals surface area contributed by atoms with Crippen LogP contribution in [-0.4, -0.2) is 9.55 Å². The van der Waals surface area contributed by atoms with Gasteiger partial charge in [0.25, 0.3) is 0 Å². The summed E-state index contributed by atoms with van der Waals surface area (Å²) in [6.45, 7) is 4.19. The van der Waals surface area contributed by atoms with Crippen molar-refractivity contribution in [3.8, 4) is 11.4 Å². The molecule has 0 bridgehead atoms. The van der Waals surface area contributed by atoms with E-state index in [-0.39, 0.29) is 11.9 Å². The molecule has 2 aromatic carbocycles. The molecular weight excluding hydrogens is 253 g/mol. The van der Waals surface area contributed by atoms with Crippen LogP contribution in [-0.2, 0) is 0 Å². The highest BCUT2D eigenvalue weighted by Crippen LogP contribution is 2.31. The topological polar surface area (TPSA) is 43.8 Å². The fourth-order valence-electron chi connectivity index (χ4n) is 2.49. The molecule has 0 aliphatic carbocycles. The van der Waals surface area contributed by atoms with Gasteiger partial charge in [0.1, 0.15) is 11.6 Å². The van der Waals surface area contributed by atoms with Gasteiger partial charge in [-0.2, -0.15) is 0 Å². The van der Waals surface area contributed by atoms with E-state index in [0.29, 0.717) is 5.69 Å². The Hall–Kier alpha value is -2.36. The summed E-state index contributed by atoms with van der Waals surface area (Å²) in [4.78, 5) is 4.66. The van der Waals surface area contributed by atoms with Crippen LogP contribution in [0.25, 0.3) is 22.4 Å². The van der Waals surface area contributed by atoms with Gasteiger partial charge in [-0.25, -0.2) is 9.37 Å². The molecule has 0 saturated carbocycles. The van der Waals surface area contributed by atoms with E-state index < -0.39 is 0 Å². The molecule has 0 saturated heterocycles. The second-order valence-corrected chi connectivity index (χ2v) is 5.12. The monoisotopic (exact) mass is 269 g/mol. The van der Waals surface area contributed by atoms with E-state index >= 15 is 0 Å². The van der Waals surface area contributed by atoms with Gasteiger partial charge in [-0.05, 0) is 44.2 Å². The van der Waals surface area contributed by atoms with Gasteiger partial charge in [-0.1, -0.05) is 12.1 Å². The Labute approximate surface area is 116 Å². The third kappa shape index (κ3) is 1.93. The molecule has 0 atom stereocenters. The molecular formula is C16H16FN3. The largest absolute Gasteiger partial charge is 0.398 e. The molecule has 102 valence electrons. The molecule has 0 unspecified atom stereocenters. The van der Waals surface area contributed by atoms with Gasteiger partial charge in [-0.3, -0.25) is 0 Å². The maximum Gasteiger partial charge on any atom is 0.143 e. The Balaban J connectivity index is 2.32. The first kappa shape index (κ1) is 12.7. The van der Waals surface area contributed by atoms with E-state index in [9.17, 15) is 4.39 Å². The molecule has 4 heteroatoms. The van der Waals surface area contributed by atoms with Crippen molar-refractivity contribution >= 4 is 16.7 Å². The van der Waals surface area contributed by atoms with Crippen molar-refractivity contribution < 1.29 is 4.39 Å². The molecule has 2 N–H and O–H groups in total. The van der Waals surface area contributed by atoms with Crippen molar-refractivity contribution in [2.45, 2.75) is 19.9 Å². The molecule has 0 radical (unpaired) electrons. The molecule has 3 rings (SSSR count). The molecule has 0 aliphatic heterocycles. The van der Waals surface area contributed by atoms with Crippen molar-refractivity contribution in [3.63, 3.8) is 0 Å². The highest BCUT2D eigenvalue weighted by atomic mass is 19.1. The number of hydrogen-bond acceptors (Lipinski definition) is 2. The van der Waals surface area contributed by atoms with Crippen LogP contribution < -0.4 is 5.73 Å². The van der Waals surface area contributed by atoms with Crippen LogP contribution in [0.5, 0.6) is 0 Å². The summed E-state index contributed by atoms with van der Waals surface area (Å²) in [5.41, 5.74) is 9.09. The highest BCUT2D eigenvalue weighted by Gasteiger charge is 2.16. The van der Waals surface area contributed by atoms with Gasteiger partial charge in [0.15, 0.2) is 0 Å². The van der Waals surface area contributed by atoms with Crippen molar-refractivity contribution in [3.05, 3.63) is 48.3 Å². The minimum Gasteiger partial charge on any atom is -0.398 e. The first-order chi connectivity index (χ1) is 9.58. The summed E-state index contributed by atoms with van der Waals surface area (Å²) >= 11 is 0. The Morgan fingerprint density at radius 1 is 1.15 bits per heavy atom. The Morgan fingerprint density at radius 2 is 1.90 bits per heavy atom. The molecule has 0 fully saturated rings. The maximum absolute atomic E-state index is 13.2. The fraction of sp³-hybridized carbons (Fsp3) is 0.188. The second-order valence-electron chi connectivity index (χ2n) is 5.12. The lowest BCUT2D eigenvalue weighted by molar-refractivity contribution is 0.622. The van der Waals surface area contributed by atoms with E-state index in [0.717, 1.165) is 22.4 Å². The molecule has 1 heterocycles.